The Kier molecular flexibility index (Phi) is 5.88. The Bertz CT molecular complexity index is 497. The van der Waals surface area contributed by atoms with Gasteiger partial charge in [0, 0.05) is 17.8 Å². The van der Waals surface area contributed by atoms with Crippen LogP contribution in [0.15, 0.2) is 24.3 Å². The van der Waals surface area contributed by atoms with E-state index in [9.17, 15) is 9.90 Å². The van der Waals surface area contributed by atoms with Gasteiger partial charge in [0.2, 0.25) is 0 Å². The predicted octanol–water partition coefficient (Wildman–Crippen LogP) is 4.49. The van der Waals surface area contributed by atoms with Crippen molar-refractivity contribution >= 4 is 14.1 Å². The summed E-state index contributed by atoms with van der Waals surface area (Å²) in [7, 11) is -1.95. The smallest absolute Gasteiger partial charge is 0.192 e. The zero-order chi connectivity index (χ0) is 18.2. The van der Waals surface area contributed by atoms with Gasteiger partial charge < -0.3 is 9.53 Å². The Morgan fingerprint density at radius 3 is 2.35 bits per heavy atom. The van der Waals surface area contributed by atoms with E-state index in [1.54, 1.807) is 6.08 Å². The van der Waals surface area contributed by atoms with Gasteiger partial charge in [0.15, 0.2) is 14.1 Å². The summed E-state index contributed by atoms with van der Waals surface area (Å²) in [4.78, 5) is 11.3. The van der Waals surface area contributed by atoms with Gasteiger partial charge in [-0.1, -0.05) is 47.3 Å². The highest BCUT2D eigenvalue weighted by Gasteiger charge is 2.47. The largest absolute Gasteiger partial charge is 0.410 e. The van der Waals surface area contributed by atoms with E-state index in [-0.39, 0.29) is 28.3 Å². The Hall–Kier alpha value is -0.713. The van der Waals surface area contributed by atoms with Crippen LogP contribution in [0.25, 0.3) is 0 Å². The molecule has 1 aliphatic rings. The number of aliphatic hydroxyl groups excluding tert-OH is 1. The van der Waals surface area contributed by atoms with E-state index < -0.39 is 14.4 Å². The summed E-state index contributed by atoms with van der Waals surface area (Å²) in [5, 5.41) is 10.7. The van der Waals surface area contributed by atoms with Gasteiger partial charge in [-0.05, 0) is 36.7 Å². The van der Waals surface area contributed by atoms with Crippen molar-refractivity contribution in [3.63, 3.8) is 0 Å². The minimum absolute atomic E-state index is 0.00975. The standard InChI is InChI=1S/C19H34O3Si/c1-13(20)10-11-15-14(2)16(12-17(21)19(15,6)7)22-23(8,9)18(3,4)5/h10-11,15-17,21H,2,12H2,1,3-9H3/b11-10+/t15-,16+,17+/m1/s1. The van der Waals surface area contributed by atoms with Crippen molar-refractivity contribution in [2.45, 2.75) is 78.3 Å². The fourth-order valence-corrected chi connectivity index (χ4v) is 4.12. The zero-order valence-corrected chi connectivity index (χ0v) is 17.1. The van der Waals surface area contributed by atoms with Crippen molar-refractivity contribution in [2.24, 2.45) is 11.3 Å². The summed E-state index contributed by atoms with van der Waals surface area (Å²) >= 11 is 0. The third kappa shape index (κ3) is 4.43. The quantitative estimate of drug-likeness (QED) is 0.467. The SMILES string of the molecule is C=C1[C@@H](O[Si](C)(C)C(C)(C)C)C[C@H](O)C(C)(C)[C@@H]1/C=C/C(C)=O. The Balaban J connectivity index is 3.10. The van der Waals surface area contributed by atoms with Crippen molar-refractivity contribution in [3.05, 3.63) is 24.3 Å². The van der Waals surface area contributed by atoms with Crippen LogP contribution in [0, 0.1) is 11.3 Å². The number of rotatable bonds is 4. The number of hydrogen-bond donors (Lipinski definition) is 1. The summed E-state index contributed by atoms with van der Waals surface area (Å²) in [5.41, 5.74) is 0.624. The van der Waals surface area contributed by atoms with E-state index in [4.69, 9.17) is 4.43 Å². The molecule has 1 aliphatic carbocycles. The molecule has 0 amide bonds. The van der Waals surface area contributed by atoms with Gasteiger partial charge in [-0.15, -0.1) is 0 Å². The van der Waals surface area contributed by atoms with E-state index in [0.717, 1.165) is 5.57 Å². The molecule has 4 heteroatoms. The van der Waals surface area contributed by atoms with Crippen LogP contribution in [0.1, 0.15) is 48.0 Å². The Labute approximate surface area is 142 Å². The molecule has 0 aromatic carbocycles. The second kappa shape index (κ2) is 6.65. The molecule has 1 saturated carbocycles. The number of ketones is 1. The molecular formula is C19H34O3Si. The lowest BCUT2D eigenvalue weighted by Gasteiger charge is -2.49. The Morgan fingerprint density at radius 1 is 1.39 bits per heavy atom. The molecule has 1 N–H and O–H groups in total. The van der Waals surface area contributed by atoms with Crippen LogP contribution in [0.3, 0.4) is 0 Å². The van der Waals surface area contributed by atoms with Crippen molar-refractivity contribution in [1.82, 2.24) is 0 Å². The van der Waals surface area contributed by atoms with Crippen molar-refractivity contribution < 1.29 is 14.3 Å². The van der Waals surface area contributed by atoms with Crippen LogP contribution >= 0.6 is 0 Å². The number of carbonyl (C=O) groups is 1. The fourth-order valence-electron chi connectivity index (χ4n) is 2.80. The molecule has 1 fully saturated rings. The van der Waals surface area contributed by atoms with Crippen LogP contribution in [0.4, 0.5) is 0 Å². The molecule has 0 aromatic rings. The van der Waals surface area contributed by atoms with Gasteiger partial charge in [-0.25, -0.2) is 0 Å². The molecule has 3 atom stereocenters. The molecule has 0 radical (unpaired) electrons. The molecule has 0 aromatic heterocycles. The summed E-state index contributed by atoms with van der Waals surface area (Å²) in [6.45, 7) is 20.9. The highest BCUT2D eigenvalue weighted by molar-refractivity contribution is 6.74. The topological polar surface area (TPSA) is 46.5 Å². The molecular weight excluding hydrogens is 304 g/mol. The van der Waals surface area contributed by atoms with Crippen LogP contribution in [-0.4, -0.2) is 31.4 Å². The van der Waals surface area contributed by atoms with Gasteiger partial charge in [-0.2, -0.15) is 0 Å². The second-order valence-corrected chi connectivity index (χ2v) is 13.7. The average molecular weight is 339 g/mol. The highest BCUT2D eigenvalue weighted by Crippen LogP contribution is 2.47. The highest BCUT2D eigenvalue weighted by atomic mass is 28.4. The lowest BCUT2D eigenvalue weighted by Crippen LogP contribution is -2.51. The van der Waals surface area contributed by atoms with Crippen molar-refractivity contribution in [2.75, 3.05) is 0 Å². The maximum Gasteiger partial charge on any atom is 0.192 e. The Morgan fingerprint density at radius 2 is 1.91 bits per heavy atom. The third-order valence-corrected chi connectivity index (χ3v) is 10.2. The molecule has 1 rings (SSSR count). The van der Waals surface area contributed by atoms with Gasteiger partial charge in [-0.3, -0.25) is 4.79 Å². The van der Waals surface area contributed by atoms with E-state index in [1.165, 1.54) is 6.92 Å². The first-order chi connectivity index (χ1) is 10.2. The summed E-state index contributed by atoms with van der Waals surface area (Å²) in [5.74, 6) is -0.0551. The minimum Gasteiger partial charge on any atom is -0.410 e. The molecule has 0 heterocycles. The van der Waals surface area contributed by atoms with Crippen LogP contribution in [0.2, 0.25) is 18.1 Å². The van der Waals surface area contributed by atoms with E-state index >= 15 is 0 Å². The van der Waals surface area contributed by atoms with Gasteiger partial charge in [0.25, 0.3) is 0 Å². The van der Waals surface area contributed by atoms with Crippen molar-refractivity contribution in [1.29, 1.82) is 0 Å². The summed E-state index contributed by atoms with van der Waals surface area (Å²) in [6, 6.07) is 0. The van der Waals surface area contributed by atoms with Gasteiger partial charge in [0.05, 0.1) is 12.2 Å². The monoisotopic (exact) mass is 338 g/mol. The van der Waals surface area contributed by atoms with E-state index in [1.807, 2.05) is 19.9 Å². The molecule has 132 valence electrons. The summed E-state index contributed by atoms with van der Waals surface area (Å²) in [6.07, 6.45) is 3.40. The first kappa shape index (κ1) is 20.3. The zero-order valence-electron chi connectivity index (χ0n) is 16.1. The number of hydrogen-bond acceptors (Lipinski definition) is 3. The number of carbonyl (C=O) groups excluding carboxylic acids is 1. The van der Waals surface area contributed by atoms with E-state index in [0.29, 0.717) is 6.42 Å². The molecule has 0 aliphatic heterocycles. The molecule has 3 nitrogen and oxygen atoms in total. The predicted molar refractivity (Wildman–Crippen MR) is 98.9 cm³/mol. The first-order valence-corrected chi connectivity index (χ1v) is 11.3. The molecule has 0 saturated heterocycles. The van der Waals surface area contributed by atoms with Crippen LogP contribution in [0.5, 0.6) is 0 Å². The van der Waals surface area contributed by atoms with Gasteiger partial charge >= 0.3 is 0 Å². The number of allylic oxidation sites excluding steroid dienone is 2. The second-order valence-electron chi connectivity index (χ2n) is 8.96. The maximum absolute atomic E-state index is 11.3. The molecule has 23 heavy (non-hydrogen) atoms. The third-order valence-electron chi connectivity index (χ3n) is 5.68. The molecule has 0 unspecified atom stereocenters. The molecule has 0 bridgehead atoms. The van der Waals surface area contributed by atoms with Crippen LogP contribution < -0.4 is 0 Å². The minimum atomic E-state index is -1.95. The number of aliphatic hydroxyl groups is 1. The molecule has 0 spiro atoms. The van der Waals surface area contributed by atoms with Crippen LogP contribution in [-0.2, 0) is 9.22 Å². The lowest BCUT2D eigenvalue weighted by atomic mass is 9.64. The lowest BCUT2D eigenvalue weighted by molar-refractivity contribution is -0.112. The van der Waals surface area contributed by atoms with Gasteiger partial charge in [0.1, 0.15) is 0 Å². The van der Waals surface area contributed by atoms with E-state index in [2.05, 4.69) is 40.4 Å². The fraction of sp³-hybridized carbons (Fsp3) is 0.737. The first-order valence-electron chi connectivity index (χ1n) is 8.43. The summed E-state index contributed by atoms with van der Waals surface area (Å²) < 4.78 is 6.52. The maximum atomic E-state index is 11.3. The average Bonchev–Trinajstić information content (AvgIpc) is 2.33. The van der Waals surface area contributed by atoms with Crippen molar-refractivity contribution in [3.8, 4) is 0 Å². The normalized spacial score (nSPS) is 29.1.